The summed E-state index contributed by atoms with van der Waals surface area (Å²) in [6.45, 7) is 20.8. The summed E-state index contributed by atoms with van der Waals surface area (Å²) in [6.07, 6.45) is 0. The first-order valence-electron chi connectivity index (χ1n) is 23.6. The number of para-hydroxylation sites is 3. The van der Waals surface area contributed by atoms with E-state index >= 15 is 0 Å². The molecule has 0 bridgehead atoms. The third kappa shape index (κ3) is 6.94. The lowest BCUT2D eigenvalue weighted by Crippen LogP contribution is -2.16. The Morgan fingerprint density at radius 1 is 0.348 bits per heavy atom. The molecule has 0 spiro atoms. The Morgan fingerprint density at radius 3 is 1.47 bits per heavy atom. The molecule has 0 aliphatic heterocycles. The third-order valence-corrected chi connectivity index (χ3v) is 14.0. The molecule has 0 saturated carbocycles. The van der Waals surface area contributed by atoms with Crippen molar-refractivity contribution >= 4 is 71.2 Å². The number of fused-ring (bicyclic) bond motifs is 3. The molecule has 1 heterocycles. The smallest absolute Gasteiger partial charge is 0.0543 e. The van der Waals surface area contributed by atoms with Crippen LogP contribution < -0.4 is 4.90 Å². The predicted molar refractivity (Wildman–Crippen MR) is 286 cm³/mol. The molecular formula is C64H58N2. The topological polar surface area (TPSA) is 8.17 Å². The van der Waals surface area contributed by atoms with Gasteiger partial charge in [0.25, 0.3) is 0 Å². The van der Waals surface area contributed by atoms with Gasteiger partial charge >= 0.3 is 0 Å². The van der Waals surface area contributed by atoms with Gasteiger partial charge in [-0.2, -0.15) is 0 Å². The Morgan fingerprint density at radius 2 is 0.864 bits per heavy atom. The Bertz CT molecular complexity index is 3540. The van der Waals surface area contributed by atoms with Crippen LogP contribution in [0.5, 0.6) is 0 Å². The van der Waals surface area contributed by atoms with Gasteiger partial charge in [-0.15, -0.1) is 0 Å². The van der Waals surface area contributed by atoms with Gasteiger partial charge in [0.15, 0.2) is 0 Å². The maximum absolute atomic E-state index is 2.51. The summed E-state index contributed by atoms with van der Waals surface area (Å²) in [7, 11) is 0. The fourth-order valence-corrected chi connectivity index (χ4v) is 10.3. The molecule has 1 aromatic heterocycles. The number of aromatic nitrogens is 1. The minimum absolute atomic E-state index is 0.0420. The molecular weight excluding hydrogens is 797 g/mol. The molecule has 2 heteroatoms. The molecule has 324 valence electrons. The van der Waals surface area contributed by atoms with Crippen LogP contribution in [0.25, 0.3) is 82.1 Å². The van der Waals surface area contributed by atoms with Crippen molar-refractivity contribution < 1.29 is 0 Å². The summed E-state index contributed by atoms with van der Waals surface area (Å²) in [5, 5.41) is 10.1. The summed E-state index contributed by atoms with van der Waals surface area (Å²) < 4.78 is 2.47. The number of nitrogens with zero attached hydrogens (tertiary/aromatic N) is 2. The van der Waals surface area contributed by atoms with Crippen molar-refractivity contribution in [3.63, 3.8) is 0 Å². The highest BCUT2D eigenvalue weighted by molar-refractivity contribution is 6.27. The maximum Gasteiger partial charge on any atom is 0.0543 e. The molecule has 0 aliphatic rings. The fraction of sp³-hybridized carbons (Fsp3) is 0.188. The average Bonchev–Trinajstić information content (AvgIpc) is 3.64. The second-order valence-corrected chi connectivity index (χ2v) is 21.5. The van der Waals surface area contributed by atoms with Crippen molar-refractivity contribution in [1.29, 1.82) is 0 Å². The van der Waals surface area contributed by atoms with E-state index in [4.69, 9.17) is 0 Å². The van der Waals surface area contributed by atoms with E-state index in [2.05, 4.69) is 260 Å². The van der Waals surface area contributed by atoms with Crippen molar-refractivity contribution in [3.05, 3.63) is 205 Å². The lowest BCUT2D eigenvalue weighted by molar-refractivity contribution is 0.569. The zero-order valence-electron chi connectivity index (χ0n) is 39.8. The molecule has 0 amide bonds. The molecule has 0 unspecified atom stereocenters. The molecule has 2 nitrogen and oxygen atoms in total. The highest BCUT2D eigenvalue weighted by Crippen LogP contribution is 2.49. The van der Waals surface area contributed by atoms with Gasteiger partial charge in [0.1, 0.15) is 0 Å². The largest absolute Gasteiger partial charge is 0.309 e. The summed E-state index contributed by atoms with van der Waals surface area (Å²) in [5.74, 6) is 0. The summed E-state index contributed by atoms with van der Waals surface area (Å²) >= 11 is 0. The standard InChI is InChI=1S/C64H58N2/c1-62(2,3)46-31-34-50(42-25-23-41(24-26-42)45-37-47(63(4,5)6)39-48(38-45)64(7,8)9)59(40-46)65(49-17-11-10-12-18-49)57-35-29-43-28-33-54-58(36-30-44-27-32-53(57)60(43)61(44)54)66-55-21-15-13-19-51(55)52-20-14-16-22-56(52)66/h10-40H,1-9H3. The van der Waals surface area contributed by atoms with Crippen LogP contribution in [0.1, 0.15) is 79.0 Å². The van der Waals surface area contributed by atoms with Crippen LogP contribution in [-0.2, 0) is 16.2 Å². The van der Waals surface area contributed by atoms with Crippen molar-refractivity contribution in [3.8, 4) is 27.9 Å². The van der Waals surface area contributed by atoms with E-state index in [-0.39, 0.29) is 16.2 Å². The quantitative estimate of drug-likeness (QED) is 0.151. The summed E-state index contributed by atoms with van der Waals surface area (Å²) in [4.78, 5) is 2.51. The van der Waals surface area contributed by atoms with Crippen LogP contribution in [0, 0.1) is 0 Å². The monoisotopic (exact) mass is 854 g/mol. The molecule has 0 atom stereocenters. The first-order chi connectivity index (χ1) is 31.6. The lowest BCUT2D eigenvalue weighted by Gasteiger charge is -2.31. The molecule has 0 radical (unpaired) electrons. The highest BCUT2D eigenvalue weighted by Gasteiger charge is 2.26. The first kappa shape index (κ1) is 41.5. The van der Waals surface area contributed by atoms with E-state index in [1.54, 1.807) is 0 Å². The fourth-order valence-electron chi connectivity index (χ4n) is 10.3. The van der Waals surface area contributed by atoms with Crippen LogP contribution in [0.15, 0.2) is 188 Å². The highest BCUT2D eigenvalue weighted by atomic mass is 15.1. The molecule has 11 aromatic rings. The minimum Gasteiger partial charge on any atom is -0.309 e. The third-order valence-electron chi connectivity index (χ3n) is 14.0. The predicted octanol–water partition coefficient (Wildman–Crippen LogP) is 18.4. The Hall–Kier alpha value is -7.16. The van der Waals surface area contributed by atoms with Gasteiger partial charge in [0.2, 0.25) is 0 Å². The van der Waals surface area contributed by atoms with E-state index < -0.39 is 0 Å². The minimum atomic E-state index is -0.0613. The van der Waals surface area contributed by atoms with Crippen LogP contribution >= 0.6 is 0 Å². The Kier molecular flexibility index (Phi) is 9.57. The summed E-state index contributed by atoms with van der Waals surface area (Å²) in [6, 6.07) is 70.9. The van der Waals surface area contributed by atoms with E-state index in [9.17, 15) is 0 Å². The normalized spacial score (nSPS) is 12.6. The molecule has 0 N–H and O–H groups in total. The van der Waals surface area contributed by atoms with Gasteiger partial charge in [-0.25, -0.2) is 0 Å². The van der Waals surface area contributed by atoms with Gasteiger partial charge < -0.3 is 9.47 Å². The molecule has 10 aromatic carbocycles. The van der Waals surface area contributed by atoms with Crippen LogP contribution in [-0.4, -0.2) is 4.57 Å². The van der Waals surface area contributed by atoms with Crippen LogP contribution in [0.2, 0.25) is 0 Å². The molecule has 66 heavy (non-hydrogen) atoms. The van der Waals surface area contributed by atoms with Crippen molar-refractivity contribution in [2.75, 3.05) is 4.90 Å². The SMILES string of the molecule is CC(C)(C)c1cc(-c2ccc(-c3ccc(C(C)(C)C)cc3N(c3ccccc3)c3ccc4ccc5c(-n6c7ccccc7c7ccccc76)ccc6ccc3c4c65)cc2)cc(C(C)(C)C)c1. The van der Waals surface area contributed by atoms with Gasteiger partial charge in [-0.05, 0) is 114 Å². The van der Waals surface area contributed by atoms with Crippen molar-refractivity contribution in [1.82, 2.24) is 4.57 Å². The zero-order valence-corrected chi connectivity index (χ0v) is 39.8. The second-order valence-electron chi connectivity index (χ2n) is 21.5. The lowest BCUT2D eigenvalue weighted by atomic mass is 9.79. The number of hydrogen-bond donors (Lipinski definition) is 0. The second kappa shape index (κ2) is 15.2. The molecule has 0 fully saturated rings. The van der Waals surface area contributed by atoms with Crippen LogP contribution in [0.4, 0.5) is 17.1 Å². The Labute approximate surface area is 390 Å². The molecule has 11 rings (SSSR count). The van der Waals surface area contributed by atoms with Gasteiger partial charge in [0, 0.05) is 32.8 Å². The average molecular weight is 855 g/mol. The van der Waals surface area contributed by atoms with E-state index in [1.165, 1.54) is 98.8 Å². The van der Waals surface area contributed by atoms with Crippen molar-refractivity contribution in [2.24, 2.45) is 0 Å². The molecule has 0 saturated heterocycles. The number of anilines is 3. The van der Waals surface area contributed by atoms with Crippen molar-refractivity contribution in [2.45, 2.75) is 78.6 Å². The Balaban J connectivity index is 1.13. The van der Waals surface area contributed by atoms with E-state index in [0.29, 0.717) is 0 Å². The number of hydrogen-bond acceptors (Lipinski definition) is 1. The van der Waals surface area contributed by atoms with Gasteiger partial charge in [0.05, 0.1) is 28.1 Å². The maximum atomic E-state index is 2.51. The summed E-state index contributed by atoms with van der Waals surface area (Å²) in [5.41, 5.74) is 16.0. The van der Waals surface area contributed by atoms with Crippen LogP contribution in [0.3, 0.4) is 0 Å². The van der Waals surface area contributed by atoms with E-state index in [1.807, 2.05) is 0 Å². The van der Waals surface area contributed by atoms with Gasteiger partial charge in [-0.1, -0.05) is 208 Å². The first-order valence-corrected chi connectivity index (χ1v) is 23.6. The number of benzene rings is 10. The van der Waals surface area contributed by atoms with Gasteiger partial charge in [-0.3, -0.25) is 0 Å². The zero-order chi connectivity index (χ0) is 45.7. The van der Waals surface area contributed by atoms with E-state index in [0.717, 1.165) is 17.1 Å². The number of rotatable bonds is 6. The molecule has 0 aliphatic carbocycles.